The van der Waals surface area contributed by atoms with Crippen molar-refractivity contribution in [2.24, 2.45) is 0 Å². The first-order valence-electron chi connectivity index (χ1n) is 5.56. The SMILES string of the molecule is O=[N+]([O-])c1ccccc1S(=O)(=O)Nc1ccc(O)cc1F. The zero-order valence-electron chi connectivity index (χ0n) is 10.4. The smallest absolute Gasteiger partial charge is 0.289 e. The lowest BCUT2D eigenvalue weighted by Gasteiger charge is -2.09. The largest absolute Gasteiger partial charge is 0.508 e. The predicted octanol–water partition coefficient (Wildman–Crippen LogP) is 2.24. The van der Waals surface area contributed by atoms with Crippen LogP contribution in [0.3, 0.4) is 0 Å². The van der Waals surface area contributed by atoms with Gasteiger partial charge in [0, 0.05) is 12.1 Å². The van der Waals surface area contributed by atoms with Crippen LogP contribution in [-0.4, -0.2) is 18.4 Å². The molecule has 0 radical (unpaired) electrons. The Morgan fingerprint density at radius 1 is 1.19 bits per heavy atom. The number of hydrogen-bond donors (Lipinski definition) is 2. The molecule has 0 heterocycles. The number of benzene rings is 2. The number of hydrogen-bond acceptors (Lipinski definition) is 5. The highest BCUT2D eigenvalue weighted by Crippen LogP contribution is 2.27. The number of rotatable bonds is 4. The third kappa shape index (κ3) is 3.08. The van der Waals surface area contributed by atoms with Crippen LogP contribution in [0.25, 0.3) is 0 Å². The van der Waals surface area contributed by atoms with Crippen LogP contribution in [-0.2, 0) is 10.0 Å². The molecule has 21 heavy (non-hydrogen) atoms. The standard InChI is InChI=1S/C12H9FN2O5S/c13-9-7-8(16)5-6-10(9)14-21(19,20)12-4-2-1-3-11(12)15(17)18/h1-7,14,16H. The first kappa shape index (κ1) is 14.7. The fourth-order valence-electron chi connectivity index (χ4n) is 1.62. The molecule has 0 aliphatic rings. The van der Waals surface area contributed by atoms with Crippen molar-refractivity contribution in [3.8, 4) is 5.75 Å². The average Bonchev–Trinajstić information content (AvgIpc) is 2.42. The molecule has 110 valence electrons. The fraction of sp³-hybridized carbons (Fsp3) is 0. The van der Waals surface area contributed by atoms with Gasteiger partial charge in [-0.25, -0.2) is 12.8 Å². The summed E-state index contributed by atoms with van der Waals surface area (Å²) < 4.78 is 39.7. The van der Waals surface area contributed by atoms with Gasteiger partial charge >= 0.3 is 0 Å². The van der Waals surface area contributed by atoms with E-state index in [4.69, 9.17) is 5.11 Å². The fourth-order valence-corrected chi connectivity index (χ4v) is 2.86. The Bertz CT molecular complexity index is 807. The zero-order valence-corrected chi connectivity index (χ0v) is 11.2. The molecule has 0 aliphatic carbocycles. The number of phenols is 1. The third-order valence-electron chi connectivity index (χ3n) is 2.55. The number of para-hydroxylation sites is 1. The molecule has 0 unspecified atom stereocenters. The number of anilines is 1. The van der Waals surface area contributed by atoms with Gasteiger partial charge < -0.3 is 5.11 Å². The highest BCUT2D eigenvalue weighted by atomic mass is 32.2. The highest BCUT2D eigenvalue weighted by molar-refractivity contribution is 7.92. The van der Waals surface area contributed by atoms with Gasteiger partial charge in [0.25, 0.3) is 15.7 Å². The Kier molecular flexibility index (Phi) is 3.76. The van der Waals surface area contributed by atoms with Crippen molar-refractivity contribution in [2.45, 2.75) is 4.90 Å². The van der Waals surface area contributed by atoms with E-state index in [2.05, 4.69) is 0 Å². The molecule has 2 N–H and O–H groups in total. The Morgan fingerprint density at radius 3 is 2.48 bits per heavy atom. The van der Waals surface area contributed by atoms with E-state index in [1.165, 1.54) is 12.1 Å². The van der Waals surface area contributed by atoms with Crippen molar-refractivity contribution in [3.63, 3.8) is 0 Å². The van der Waals surface area contributed by atoms with E-state index in [1.807, 2.05) is 4.72 Å². The molecule has 0 aliphatic heterocycles. The molecule has 7 nitrogen and oxygen atoms in total. The van der Waals surface area contributed by atoms with E-state index >= 15 is 0 Å². The number of nitrogens with one attached hydrogen (secondary N) is 1. The normalized spacial score (nSPS) is 11.1. The summed E-state index contributed by atoms with van der Waals surface area (Å²) in [5.41, 5.74) is -1.05. The van der Waals surface area contributed by atoms with Gasteiger partial charge in [0.05, 0.1) is 10.6 Å². The predicted molar refractivity (Wildman–Crippen MR) is 72.0 cm³/mol. The van der Waals surface area contributed by atoms with Crippen LogP contribution >= 0.6 is 0 Å². The minimum atomic E-state index is -4.34. The number of nitro benzene ring substituents is 1. The molecule has 0 atom stereocenters. The van der Waals surface area contributed by atoms with Crippen LogP contribution in [0, 0.1) is 15.9 Å². The maximum Gasteiger partial charge on any atom is 0.289 e. The molecule has 0 saturated heterocycles. The lowest BCUT2D eigenvalue weighted by Crippen LogP contribution is -2.15. The van der Waals surface area contributed by atoms with Crippen molar-refractivity contribution in [1.82, 2.24) is 0 Å². The van der Waals surface area contributed by atoms with E-state index in [0.29, 0.717) is 0 Å². The van der Waals surface area contributed by atoms with Crippen molar-refractivity contribution < 1.29 is 22.8 Å². The van der Waals surface area contributed by atoms with Crippen LogP contribution in [0.4, 0.5) is 15.8 Å². The number of halogens is 1. The molecule has 0 saturated carbocycles. The van der Waals surface area contributed by atoms with Gasteiger partial charge in [-0.05, 0) is 18.2 Å². The van der Waals surface area contributed by atoms with Crippen molar-refractivity contribution in [2.75, 3.05) is 4.72 Å². The first-order chi connectivity index (χ1) is 9.81. The van der Waals surface area contributed by atoms with Crippen molar-refractivity contribution >= 4 is 21.4 Å². The molecular formula is C12H9FN2O5S. The van der Waals surface area contributed by atoms with Gasteiger partial charge in [0.1, 0.15) is 5.75 Å². The summed E-state index contributed by atoms with van der Waals surface area (Å²) in [5, 5.41) is 19.9. The minimum Gasteiger partial charge on any atom is -0.508 e. The quantitative estimate of drug-likeness (QED) is 0.511. The molecule has 9 heteroatoms. The van der Waals surface area contributed by atoms with E-state index in [1.54, 1.807) is 0 Å². The average molecular weight is 312 g/mol. The van der Waals surface area contributed by atoms with E-state index in [9.17, 15) is 22.9 Å². The van der Waals surface area contributed by atoms with Crippen LogP contribution in [0.15, 0.2) is 47.4 Å². The van der Waals surface area contributed by atoms with Crippen molar-refractivity contribution in [3.05, 3.63) is 58.4 Å². The Morgan fingerprint density at radius 2 is 1.86 bits per heavy atom. The maximum absolute atomic E-state index is 13.5. The van der Waals surface area contributed by atoms with Gasteiger partial charge in [-0.2, -0.15) is 0 Å². The molecule has 0 fully saturated rings. The lowest BCUT2D eigenvalue weighted by molar-refractivity contribution is -0.387. The molecule has 2 rings (SSSR count). The van der Waals surface area contributed by atoms with Crippen LogP contribution in [0.5, 0.6) is 5.75 Å². The molecule has 0 amide bonds. The summed E-state index contributed by atoms with van der Waals surface area (Å²) in [4.78, 5) is 9.41. The number of phenolic OH excluding ortho intramolecular Hbond substituents is 1. The van der Waals surface area contributed by atoms with E-state index < -0.39 is 37.0 Å². The molecule has 0 spiro atoms. The second-order valence-electron chi connectivity index (χ2n) is 3.99. The van der Waals surface area contributed by atoms with E-state index in [0.717, 1.165) is 30.3 Å². The number of aromatic hydroxyl groups is 1. The zero-order chi connectivity index (χ0) is 15.6. The Balaban J connectivity index is 2.46. The van der Waals surface area contributed by atoms with Gasteiger partial charge in [-0.1, -0.05) is 12.1 Å². The van der Waals surface area contributed by atoms with E-state index in [-0.39, 0.29) is 5.75 Å². The molecule has 2 aromatic rings. The van der Waals surface area contributed by atoms with Gasteiger partial charge in [0.15, 0.2) is 10.7 Å². The second kappa shape index (κ2) is 5.37. The number of nitro groups is 1. The summed E-state index contributed by atoms with van der Waals surface area (Å²) in [6, 6.07) is 7.52. The Labute approximate surface area is 118 Å². The maximum atomic E-state index is 13.5. The molecule has 2 aromatic carbocycles. The van der Waals surface area contributed by atoms with Crippen LogP contribution < -0.4 is 4.72 Å². The Hall–Kier alpha value is -2.68. The second-order valence-corrected chi connectivity index (χ2v) is 5.65. The van der Waals surface area contributed by atoms with Gasteiger partial charge in [-0.15, -0.1) is 0 Å². The lowest BCUT2D eigenvalue weighted by atomic mass is 10.3. The number of nitrogens with zero attached hydrogens (tertiary/aromatic N) is 1. The number of sulfonamides is 1. The highest BCUT2D eigenvalue weighted by Gasteiger charge is 2.25. The molecule has 0 bridgehead atoms. The minimum absolute atomic E-state index is 0.374. The first-order valence-corrected chi connectivity index (χ1v) is 7.04. The summed E-state index contributed by atoms with van der Waals surface area (Å²) in [6.45, 7) is 0. The third-order valence-corrected chi connectivity index (χ3v) is 3.96. The van der Waals surface area contributed by atoms with Gasteiger partial charge in [0.2, 0.25) is 0 Å². The molecular weight excluding hydrogens is 303 g/mol. The van der Waals surface area contributed by atoms with Crippen molar-refractivity contribution in [1.29, 1.82) is 0 Å². The van der Waals surface area contributed by atoms with Crippen LogP contribution in [0.1, 0.15) is 0 Å². The summed E-state index contributed by atoms with van der Waals surface area (Å²) in [5.74, 6) is -1.38. The monoisotopic (exact) mass is 312 g/mol. The summed E-state index contributed by atoms with van der Waals surface area (Å²) >= 11 is 0. The summed E-state index contributed by atoms with van der Waals surface area (Å²) in [7, 11) is -4.34. The summed E-state index contributed by atoms with van der Waals surface area (Å²) in [6.07, 6.45) is 0. The molecule has 0 aromatic heterocycles. The van der Waals surface area contributed by atoms with Crippen LogP contribution in [0.2, 0.25) is 0 Å². The van der Waals surface area contributed by atoms with Gasteiger partial charge in [-0.3, -0.25) is 14.8 Å². The topological polar surface area (TPSA) is 110 Å².